The number of unbranched alkanes of at least 4 members (excludes halogenated alkanes) is 4. The molecule has 0 bridgehead atoms. The van der Waals surface area contributed by atoms with E-state index in [1.165, 1.54) is 11.9 Å². The van der Waals surface area contributed by atoms with Gasteiger partial charge in [0.2, 0.25) is 5.91 Å². The SMILES string of the molecule is CCCCCCCC(=O)N(C)C[C@@H](O)[C@@H](O)[C@@H](O)[C@H](O)CO. The molecule has 7 heteroatoms. The molecular formula is C15H31NO6. The highest BCUT2D eigenvalue weighted by atomic mass is 16.4. The van der Waals surface area contributed by atoms with E-state index in [4.69, 9.17) is 5.11 Å². The van der Waals surface area contributed by atoms with E-state index in [2.05, 4.69) is 6.92 Å². The van der Waals surface area contributed by atoms with Crippen molar-refractivity contribution >= 4 is 5.91 Å². The number of hydrogen-bond acceptors (Lipinski definition) is 6. The van der Waals surface area contributed by atoms with E-state index >= 15 is 0 Å². The van der Waals surface area contributed by atoms with Crippen molar-refractivity contribution in [2.75, 3.05) is 20.2 Å². The van der Waals surface area contributed by atoms with Crippen LogP contribution in [0.2, 0.25) is 0 Å². The number of rotatable bonds is 12. The van der Waals surface area contributed by atoms with Gasteiger partial charge in [0.15, 0.2) is 0 Å². The first-order chi connectivity index (χ1) is 10.3. The van der Waals surface area contributed by atoms with Gasteiger partial charge in [0, 0.05) is 20.0 Å². The maximum atomic E-state index is 11.9. The number of carbonyl (C=O) groups excluding carboxylic acids is 1. The number of hydrogen-bond donors (Lipinski definition) is 5. The van der Waals surface area contributed by atoms with Crippen molar-refractivity contribution in [3.05, 3.63) is 0 Å². The van der Waals surface area contributed by atoms with Crippen molar-refractivity contribution in [1.82, 2.24) is 4.90 Å². The Morgan fingerprint density at radius 2 is 1.50 bits per heavy atom. The molecule has 5 N–H and O–H groups in total. The van der Waals surface area contributed by atoms with Crippen LogP contribution in [0.5, 0.6) is 0 Å². The molecule has 0 aliphatic heterocycles. The summed E-state index contributed by atoms with van der Waals surface area (Å²) in [6, 6.07) is 0. The highest BCUT2D eigenvalue weighted by Gasteiger charge is 2.31. The number of carbonyl (C=O) groups is 1. The standard InChI is InChI=1S/C15H31NO6/c1-3-4-5-6-7-8-13(20)16(2)9-11(18)14(21)15(22)12(19)10-17/h11-12,14-15,17-19,21-22H,3-10H2,1-2H3/t11-,12-,14-,15+/m1/s1. The maximum absolute atomic E-state index is 11.9. The maximum Gasteiger partial charge on any atom is 0.222 e. The lowest BCUT2D eigenvalue weighted by molar-refractivity contribution is -0.138. The zero-order valence-corrected chi connectivity index (χ0v) is 13.6. The first-order valence-corrected chi connectivity index (χ1v) is 7.92. The zero-order chi connectivity index (χ0) is 17.1. The van der Waals surface area contributed by atoms with E-state index in [1.54, 1.807) is 0 Å². The molecule has 22 heavy (non-hydrogen) atoms. The average Bonchev–Trinajstić information content (AvgIpc) is 2.51. The fourth-order valence-electron chi connectivity index (χ4n) is 2.12. The predicted octanol–water partition coefficient (Wildman–Crippen LogP) is -0.759. The molecule has 0 aromatic rings. The zero-order valence-electron chi connectivity index (χ0n) is 13.6. The van der Waals surface area contributed by atoms with Gasteiger partial charge in [-0.3, -0.25) is 4.79 Å². The highest BCUT2D eigenvalue weighted by molar-refractivity contribution is 5.75. The Bertz CT molecular complexity index is 302. The van der Waals surface area contributed by atoms with Crippen LogP contribution < -0.4 is 0 Å². The third kappa shape index (κ3) is 8.05. The van der Waals surface area contributed by atoms with Crippen LogP contribution in [0.25, 0.3) is 0 Å². The average molecular weight is 321 g/mol. The first kappa shape index (κ1) is 21.3. The van der Waals surface area contributed by atoms with Gasteiger partial charge in [-0.25, -0.2) is 0 Å². The van der Waals surface area contributed by atoms with E-state index in [-0.39, 0.29) is 12.5 Å². The summed E-state index contributed by atoms with van der Waals surface area (Å²) in [4.78, 5) is 13.2. The van der Waals surface area contributed by atoms with Crippen LogP contribution in [-0.4, -0.2) is 81.0 Å². The number of aliphatic hydroxyl groups excluding tert-OH is 5. The molecule has 1 amide bonds. The Labute approximate surface area is 132 Å². The molecular weight excluding hydrogens is 290 g/mol. The number of amides is 1. The highest BCUT2D eigenvalue weighted by Crippen LogP contribution is 2.09. The number of nitrogens with zero attached hydrogens (tertiary/aromatic N) is 1. The van der Waals surface area contributed by atoms with Crippen molar-refractivity contribution < 1.29 is 30.3 Å². The fraction of sp³-hybridized carbons (Fsp3) is 0.933. The summed E-state index contributed by atoms with van der Waals surface area (Å²) in [7, 11) is 1.51. The van der Waals surface area contributed by atoms with Crippen molar-refractivity contribution in [2.24, 2.45) is 0 Å². The monoisotopic (exact) mass is 321 g/mol. The van der Waals surface area contributed by atoms with Crippen molar-refractivity contribution in [2.45, 2.75) is 69.9 Å². The molecule has 0 aliphatic carbocycles. The summed E-state index contributed by atoms with van der Waals surface area (Å²) in [6.45, 7) is 1.25. The summed E-state index contributed by atoms with van der Waals surface area (Å²) in [5, 5.41) is 46.9. The van der Waals surface area contributed by atoms with E-state index in [0.717, 1.165) is 32.1 Å². The van der Waals surface area contributed by atoms with Crippen molar-refractivity contribution in [3.8, 4) is 0 Å². The van der Waals surface area contributed by atoms with Crippen LogP contribution in [0.4, 0.5) is 0 Å². The molecule has 0 radical (unpaired) electrons. The normalized spacial score (nSPS) is 16.9. The van der Waals surface area contributed by atoms with E-state index in [9.17, 15) is 25.2 Å². The quantitative estimate of drug-likeness (QED) is 0.301. The Balaban J connectivity index is 4.11. The van der Waals surface area contributed by atoms with Gasteiger partial charge in [-0.15, -0.1) is 0 Å². The van der Waals surface area contributed by atoms with Gasteiger partial charge in [0.25, 0.3) is 0 Å². The molecule has 7 nitrogen and oxygen atoms in total. The van der Waals surface area contributed by atoms with E-state index < -0.39 is 31.0 Å². The predicted molar refractivity (Wildman–Crippen MR) is 82.1 cm³/mol. The van der Waals surface area contributed by atoms with E-state index in [1.807, 2.05) is 0 Å². The van der Waals surface area contributed by atoms with Gasteiger partial charge in [-0.05, 0) is 6.42 Å². The molecule has 0 aliphatic rings. The third-order valence-electron chi connectivity index (χ3n) is 3.71. The van der Waals surface area contributed by atoms with Gasteiger partial charge in [-0.1, -0.05) is 32.6 Å². The Morgan fingerprint density at radius 1 is 0.955 bits per heavy atom. The molecule has 0 spiro atoms. The summed E-state index contributed by atoms with van der Waals surface area (Å²) in [5.74, 6) is -0.139. The Kier molecular flexibility index (Phi) is 11.4. The first-order valence-electron chi connectivity index (χ1n) is 7.92. The van der Waals surface area contributed by atoms with Crippen LogP contribution in [0.3, 0.4) is 0 Å². The molecule has 0 saturated heterocycles. The molecule has 0 rings (SSSR count). The van der Waals surface area contributed by atoms with E-state index in [0.29, 0.717) is 6.42 Å². The second kappa shape index (κ2) is 11.8. The second-order valence-corrected chi connectivity index (χ2v) is 5.74. The van der Waals surface area contributed by atoms with Gasteiger partial charge >= 0.3 is 0 Å². The minimum absolute atomic E-state index is 0.139. The van der Waals surface area contributed by atoms with Gasteiger partial charge in [0.05, 0.1) is 6.61 Å². The molecule has 0 aromatic carbocycles. The molecule has 0 unspecified atom stereocenters. The summed E-state index contributed by atoms with van der Waals surface area (Å²) in [5.41, 5.74) is 0. The largest absolute Gasteiger partial charge is 0.394 e. The number of aliphatic hydroxyl groups is 5. The smallest absolute Gasteiger partial charge is 0.222 e. The lowest BCUT2D eigenvalue weighted by Gasteiger charge is -2.28. The molecule has 0 saturated carbocycles. The Hall–Kier alpha value is -0.730. The minimum Gasteiger partial charge on any atom is -0.394 e. The van der Waals surface area contributed by atoms with Crippen LogP contribution >= 0.6 is 0 Å². The van der Waals surface area contributed by atoms with Crippen molar-refractivity contribution in [1.29, 1.82) is 0 Å². The van der Waals surface area contributed by atoms with Gasteiger partial charge in [-0.2, -0.15) is 0 Å². The molecule has 0 aromatic heterocycles. The topological polar surface area (TPSA) is 121 Å². The van der Waals surface area contributed by atoms with Crippen LogP contribution in [-0.2, 0) is 4.79 Å². The third-order valence-corrected chi connectivity index (χ3v) is 3.71. The summed E-state index contributed by atoms with van der Waals surface area (Å²) < 4.78 is 0. The van der Waals surface area contributed by atoms with Crippen LogP contribution in [0.1, 0.15) is 45.4 Å². The lowest BCUT2D eigenvalue weighted by Crippen LogP contribution is -2.49. The molecule has 132 valence electrons. The van der Waals surface area contributed by atoms with Crippen molar-refractivity contribution in [3.63, 3.8) is 0 Å². The van der Waals surface area contributed by atoms with Gasteiger partial charge in [0.1, 0.15) is 24.4 Å². The molecule has 0 fully saturated rings. The lowest BCUT2D eigenvalue weighted by atomic mass is 10.0. The number of likely N-dealkylation sites (N-methyl/N-ethyl adjacent to an activating group) is 1. The second-order valence-electron chi connectivity index (χ2n) is 5.74. The minimum atomic E-state index is -1.67. The Morgan fingerprint density at radius 3 is 2.05 bits per heavy atom. The van der Waals surface area contributed by atoms with Crippen LogP contribution in [0.15, 0.2) is 0 Å². The molecule has 4 atom stereocenters. The van der Waals surface area contributed by atoms with Gasteiger partial charge < -0.3 is 30.4 Å². The summed E-state index contributed by atoms with van der Waals surface area (Å²) in [6.07, 6.45) is -0.701. The molecule has 0 heterocycles. The fourth-order valence-corrected chi connectivity index (χ4v) is 2.12. The van der Waals surface area contributed by atoms with Crippen LogP contribution in [0, 0.1) is 0 Å². The summed E-state index contributed by atoms with van der Waals surface area (Å²) >= 11 is 0.